The smallest absolute Gasteiger partial charge is 0.146 e. The summed E-state index contributed by atoms with van der Waals surface area (Å²) in [5, 5.41) is 3.10. The Kier molecular flexibility index (Phi) is 4.38. The van der Waals surface area contributed by atoms with E-state index in [0.717, 1.165) is 29.8 Å². The minimum absolute atomic E-state index is 0.234. The molecule has 1 aromatic heterocycles. The number of aryl methyl sites for hydroxylation is 2. The summed E-state index contributed by atoms with van der Waals surface area (Å²) in [4.78, 5) is 4.41. The Morgan fingerprint density at radius 3 is 2.45 bits per heavy atom. The molecule has 2 nitrogen and oxygen atoms in total. The van der Waals surface area contributed by atoms with Crippen molar-refractivity contribution in [3.8, 4) is 0 Å². The molecule has 0 aliphatic carbocycles. The highest BCUT2D eigenvalue weighted by molar-refractivity contribution is 5.62. The fraction of sp³-hybridized carbons (Fsp3) is 0.353. The van der Waals surface area contributed by atoms with Gasteiger partial charge in [-0.3, -0.25) is 0 Å². The van der Waals surface area contributed by atoms with Crippen molar-refractivity contribution in [1.29, 1.82) is 0 Å². The van der Waals surface area contributed by atoms with Crippen molar-refractivity contribution < 1.29 is 4.39 Å². The van der Waals surface area contributed by atoms with Crippen molar-refractivity contribution in [3.63, 3.8) is 0 Å². The molecule has 3 heteroatoms. The molecule has 2 aromatic rings. The number of hydrogen-bond donors (Lipinski definition) is 1. The average Bonchev–Trinajstić information content (AvgIpc) is 2.46. The first-order valence-electron chi connectivity index (χ1n) is 7.07. The van der Waals surface area contributed by atoms with Crippen LogP contribution in [0.25, 0.3) is 0 Å². The summed E-state index contributed by atoms with van der Waals surface area (Å²) in [6.07, 6.45) is 3.65. The van der Waals surface area contributed by atoms with Gasteiger partial charge in [-0.2, -0.15) is 0 Å². The molecule has 1 aromatic carbocycles. The summed E-state index contributed by atoms with van der Waals surface area (Å²) in [7, 11) is 0. The molecule has 0 saturated carbocycles. The van der Waals surface area contributed by atoms with Crippen LogP contribution in [0.1, 0.15) is 36.1 Å². The molecule has 0 fully saturated rings. The quantitative estimate of drug-likeness (QED) is 0.872. The van der Waals surface area contributed by atoms with Crippen molar-refractivity contribution in [3.05, 3.63) is 52.5 Å². The molecule has 0 atom stereocenters. The van der Waals surface area contributed by atoms with Crippen LogP contribution in [0, 0.1) is 19.7 Å². The van der Waals surface area contributed by atoms with Gasteiger partial charge in [0.05, 0.1) is 5.69 Å². The van der Waals surface area contributed by atoms with Gasteiger partial charge in [0.2, 0.25) is 0 Å². The van der Waals surface area contributed by atoms with E-state index in [1.165, 1.54) is 11.1 Å². The van der Waals surface area contributed by atoms with Gasteiger partial charge in [0.1, 0.15) is 11.6 Å². The summed E-state index contributed by atoms with van der Waals surface area (Å²) in [5.74, 6) is 0.491. The number of pyridine rings is 1. The molecule has 0 unspecified atom stereocenters. The number of halogens is 1. The third-order valence-corrected chi connectivity index (χ3v) is 3.82. The van der Waals surface area contributed by atoms with Gasteiger partial charge in [-0.1, -0.05) is 19.9 Å². The number of nitrogens with zero attached hydrogens (tertiary/aromatic N) is 1. The Bertz CT molecular complexity index is 621. The summed E-state index contributed by atoms with van der Waals surface area (Å²) >= 11 is 0. The van der Waals surface area contributed by atoms with E-state index < -0.39 is 0 Å². The van der Waals surface area contributed by atoms with Crippen molar-refractivity contribution in [2.24, 2.45) is 0 Å². The Balaban J connectivity index is 2.33. The first-order valence-corrected chi connectivity index (χ1v) is 7.07. The zero-order chi connectivity index (χ0) is 14.7. The molecule has 2 rings (SSSR count). The Labute approximate surface area is 120 Å². The standard InChI is InChI=1S/C17H21FN2/c1-5-13-7-8-16(15(18)9-13)20-17-12(4)11(3)14(6-2)10-19-17/h7-10H,5-6H2,1-4H3,(H,19,20). The highest BCUT2D eigenvalue weighted by Crippen LogP contribution is 2.25. The number of anilines is 2. The number of aromatic nitrogens is 1. The van der Waals surface area contributed by atoms with Gasteiger partial charge in [0.15, 0.2) is 0 Å². The third kappa shape index (κ3) is 2.82. The first kappa shape index (κ1) is 14.5. The van der Waals surface area contributed by atoms with E-state index in [2.05, 4.69) is 24.1 Å². The lowest BCUT2D eigenvalue weighted by Crippen LogP contribution is -2.02. The zero-order valence-corrected chi connectivity index (χ0v) is 12.5. The SMILES string of the molecule is CCc1ccc(Nc2ncc(CC)c(C)c2C)c(F)c1. The summed E-state index contributed by atoms with van der Waals surface area (Å²) in [5.41, 5.74) is 4.99. The van der Waals surface area contributed by atoms with E-state index in [1.54, 1.807) is 12.1 Å². The number of hydrogen-bond acceptors (Lipinski definition) is 2. The molecule has 0 radical (unpaired) electrons. The van der Waals surface area contributed by atoms with Gasteiger partial charge in [0.25, 0.3) is 0 Å². The molecule has 0 bridgehead atoms. The monoisotopic (exact) mass is 272 g/mol. The van der Waals surface area contributed by atoms with Gasteiger partial charge >= 0.3 is 0 Å². The second-order valence-electron chi connectivity index (χ2n) is 5.03. The largest absolute Gasteiger partial charge is 0.338 e. The number of benzene rings is 1. The highest BCUT2D eigenvalue weighted by Gasteiger charge is 2.09. The predicted molar refractivity (Wildman–Crippen MR) is 82.1 cm³/mol. The van der Waals surface area contributed by atoms with E-state index in [0.29, 0.717) is 5.69 Å². The van der Waals surface area contributed by atoms with Crippen LogP contribution >= 0.6 is 0 Å². The highest BCUT2D eigenvalue weighted by atomic mass is 19.1. The molecule has 0 spiro atoms. The minimum Gasteiger partial charge on any atom is -0.338 e. The maximum atomic E-state index is 14.0. The van der Waals surface area contributed by atoms with Crippen LogP contribution < -0.4 is 5.32 Å². The summed E-state index contributed by atoms with van der Waals surface area (Å²) in [6, 6.07) is 5.29. The Morgan fingerprint density at radius 2 is 1.85 bits per heavy atom. The van der Waals surface area contributed by atoms with E-state index >= 15 is 0 Å². The predicted octanol–water partition coefficient (Wildman–Crippen LogP) is 4.71. The first-order chi connectivity index (χ1) is 9.56. The van der Waals surface area contributed by atoms with Crippen LogP contribution in [-0.4, -0.2) is 4.98 Å². The van der Waals surface area contributed by atoms with Gasteiger partial charge in [-0.25, -0.2) is 9.37 Å². The van der Waals surface area contributed by atoms with Crippen LogP contribution in [0.15, 0.2) is 24.4 Å². The fourth-order valence-corrected chi connectivity index (χ4v) is 2.24. The normalized spacial score (nSPS) is 10.7. The summed E-state index contributed by atoms with van der Waals surface area (Å²) in [6.45, 7) is 8.22. The zero-order valence-electron chi connectivity index (χ0n) is 12.5. The van der Waals surface area contributed by atoms with Gasteiger partial charge in [0, 0.05) is 6.20 Å². The Hall–Kier alpha value is -1.90. The molecule has 0 saturated heterocycles. The molecule has 1 heterocycles. The molecule has 0 aliphatic rings. The Morgan fingerprint density at radius 1 is 1.10 bits per heavy atom. The van der Waals surface area contributed by atoms with Crippen LogP contribution in [0.4, 0.5) is 15.9 Å². The maximum absolute atomic E-state index is 14.0. The van der Waals surface area contributed by atoms with Crippen molar-refractivity contribution >= 4 is 11.5 Å². The molecule has 0 aliphatic heterocycles. The topological polar surface area (TPSA) is 24.9 Å². The average molecular weight is 272 g/mol. The van der Waals surface area contributed by atoms with E-state index in [-0.39, 0.29) is 5.82 Å². The molecule has 106 valence electrons. The van der Waals surface area contributed by atoms with Crippen LogP contribution in [-0.2, 0) is 12.8 Å². The van der Waals surface area contributed by atoms with E-state index in [4.69, 9.17) is 0 Å². The lowest BCUT2D eigenvalue weighted by Gasteiger charge is -2.14. The van der Waals surface area contributed by atoms with Crippen LogP contribution in [0.5, 0.6) is 0 Å². The molecular weight excluding hydrogens is 251 g/mol. The van der Waals surface area contributed by atoms with Gasteiger partial charge < -0.3 is 5.32 Å². The van der Waals surface area contributed by atoms with Crippen LogP contribution in [0.3, 0.4) is 0 Å². The molecular formula is C17H21FN2. The lowest BCUT2D eigenvalue weighted by molar-refractivity contribution is 0.629. The van der Waals surface area contributed by atoms with Gasteiger partial charge in [-0.15, -0.1) is 0 Å². The maximum Gasteiger partial charge on any atom is 0.146 e. The second-order valence-corrected chi connectivity index (χ2v) is 5.03. The summed E-state index contributed by atoms with van der Waals surface area (Å²) < 4.78 is 14.0. The lowest BCUT2D eigenvalue weighted by atomic mass is 10.0. The van der Waals surface area contributed by atoms with Crippen molar-refractivity contribution in [2.45, 2.75) is 40.5 Å². The van der Waals surface area contributed by atoms with Crippen molar-refractivity contribution in [2.75, 3.05) is 5.32 Å². The number of rotatable bonds is 4. The minimum atomic E-state index is -0.234. The van der Waals surface area contributed by atoms with E-state index in [1.807, 2.05) is 26.1 Å². The fourth-order valence-electron chi connectivity index (χ4n) is 2.24. The van der Waals surface area contributed by atoms with Crippen LogP contribution in [0.2, 0.25) is 0 Å². The second kappa shape index (κ2) is 6.04. The number of nitrogens with one attached hydrogen (secondary N) is 1. The third-order valence-electron chi connectivity index (χ3n) is 3.82. The van der Waals surface area contributed by atoms with Crippen molar-refractivity contribution in [1.82, 2.24) is 4.98 Å². The van der Waals surface area contributed by atoms with Gasteiger partial charge in [-0.05, 0) is 61.1 Å². The molecule has 1 N–H and O–H groups in total. The van der Waals surface area contributed by atoms with E-state index in [9.17, 15) is 4.39 Å². The molecule has 0 amide bonds. The molecule has 20 heavy (non-hydrogen) atoms.